The van der Waals surface area contributed by atoms with Crippen LogP contribution in [0.1, 0.15) is 12.6 Å². The molecule has 100 valence electrons. The van der Waals surface area contributed by atoms with Gasteiger partial charge in [-0.15, -0.1) is 0 Å². The van der Waals surface area contributed by atoms with Crippen LogP contribution in [0, 0.1) is 6.92 Å². The van der Waals surface area contributed by atoms with Crippen LogP contribution in [0.15, 0.2) is 18.5 Å². The highest BCUT2D eigenvalue weighted by Crippen LogP contribution is 2.20. The zero-order valence-corrected chi connectivity index (χ0v) is 11.2. The van der Waals surface area contributed by atoms with E-state index in [0.29, 0.717) is 0 Å². The molecule has 0 unspecified atom stereocenters. The van der Waals surface area contributed by atoms with Crippen LogP contribution in [0.3, 0.4) is 0 Å². The quantitative estimate of drug-likeness (QED) is 0.756. The maximum atomic E-state index is 11.3. The van der Waals surface area contributed by atoms with E-state index >= 15 is 0 Å². The number of aryl methyl sites for hydroxylation is 1. The van der Waals surface area contributed by atoms with Crippen molar-refractivity contribution in [1.29, 1.82) is 0 Å². The van der Waals surface area contributed by atoms with Crippen molar-refractivity contribution in [3.63, 3.8) is 0 Å². The second kappa shape index (κ2) is 4.53. The molecular weight excluding hydrogens is 242 g/mol. The molecule has 1 fully saturated rings. The molecule has 1 aliphatic rings. The molecule has 0 atom stereocenters. The smallest absolute Gasteiger partial charge is 0.219 e. The van der Waals surface area contributed by atoms with Gasteiger partial charge in [-0.25, -0.2) is 9.50 Å². The molecule has 0 N–H and O–H groups in total. The van der Waals surface area contributed by atoms with Crippen molar-refractivity contribution in [3.8, 4) is 0 Å². The highest BCUT2D eigenvalue weighted by Gasteiger charge is 2.21. The van der Waals surface area contributed by atoms with Gasteiger partial charge in [-0.05, 0) is 13.0 Å². The van der Waals surface area contributed by atoms with Crippen molar-refractivity contribution in [1.82, 2.24) is 19.5 Å². The summed E-state index contributed by atoms with van der Waals surface area (Å²) in [6.07, 6.45) is 3.63. The molecule has 19 heavy (non-hydrogen) atoms. The van der Waals surface area contributed by atoms with Crippen LogP contribution in [-0.2, 0) is 4.79 Å². The van der Waals surface area contributed by atoms with E-state index in [4.69, 9.17) is 0 Å². The fraction of sp³-hybridized carbons (Fsp3) is 0.462. The Morgan fingerprint density at radius 2 is 2.00 bits per heavy atom. The van der Waals surface area contributed by atoms with Crippen molar-refractivity contribution in [2.75, 3.05) is 31.1 Å². The molecule has 1 aliphatic heterocycles. The third kappa shape index (κ3) is 2.14. The van der Waals surface area contributed by atoms with Gasteiger partial charge in [0.1, 0.15) is 5.52 Å². The molecule has 1 amide bonds. The van der Waals surface area contributed by atoms with Crippen LogP contribution >= 0.6 is 0 Å². The third-order valence-corrected chi connectivity index (χ3v) is 3.52. The molecule has 0 aliphatic carbocycles. The van der Waals surface area contributed by atoms with Crippen molar-refractivity contribution >= 4 is 17.2 Å². The molecule has 0 aromatic carbocycles. The Balaban J connectivity index is 1.87. The van der Waals surface area contributed by atoms with Crippen LogP contribution in [0.2, 0.25) is 0 Å². The highest BCUT2D eigenvalue weighted by molar-refractivity contribution is 5.74. The van der Waals surface area contributed by atoms with E-state index < -0.39 is 0 Å². The van der Waals surface area contributed by atoms with Crippen LogP contribution in [0.4, 0.5) is 5.82 Å². The van der Waals surface area contributed by atoms with E-state index in [1.165, 1.54) is 0 Å². The Labute approximate surface area is 111 Å². The molecule has 3 rings (SSSR count). The van der Waals surface area contributed by atoms with Gasteiger partial charge in [0.2, 0.25) is 5.91 Å². The molecule has 2 aromatic rings. The first-order chi connectivity index (χ1) is 9.15. The van der Waals surface area contributed by atoms with Gasteiger partial charge in [0.25, 0.3) is 0 Å². The van der Waals surface area contributed by atoms with E-state index in [2.05, 4.69) is 15.0 Å². The minimum Gasteiger partial charge on any atom is -0.351 e. The van der Waals surface area contributed by atoms with Gasteiger partial charge in [0.15, 0.2) is 5.82 Å². The molecule has 6 nitrogen and oxygen atoms in total. The van der Waals surface area contributed by atoms with Gasteiger partial charge >= 0.3 is 0 Å². The van der Waals surface area contributed by atoms with Gasteiger partial charge in [-0.2, -0.15) is 5.10 Å². The van der Waals surface area contributed by atoms with E-state index in [1.54, 1.807) is 13.1 Å². The minimum atomic E-state index is 0.144. The SMILES string of the molecule is CC(=O)N1CCN(c2nccn3nc(C)cc23)CC1. The van der Waals surface area contributed by atoms with E-state index in [9.17, 15) is 4.79 Å². The number of rotatable bonds is 1. The summed E-state index contributed by atoms with van der Waals surface area (Å²) in [5.41, 5.74) is 2.01. The molecule has 6 heteroatoms. The number of amides is 1. The minimum absolute atomic E-state index is 0.144. The largest absolute Gasteiger partial charge is 0.351 e. The van der Waals surface area contributed by atoms with Gasteiger partial charge in [-0.3, -0.25) is 4.79 Å². The number of nitrogens with zero attached hydrogens (tertiary/aromatic N) is 5. The summed E-state index contributed by atoms with van der Waals surface area (Å²) in [5, 5.41) is 4.40. The van der Waals surface area contributed by atoms with Crippen LogP contribution < -0.4 is 4.90 Å². The molecule has 0 saturated carbocycles. The Bertz CT molecular complexity index is 613. The maximum Gasteiger partial charge on any atom is 0.219 e. The first kappa shape index (κ1) is 12.0. The Kier molecular flexibility index (Phi) is 2.85. The monoisotopic (exact) mass is 259 g/mol. The number of carbonyl (C=O) groups excluding carboxylic acids is 1. The average Bonchev–Trinajstić information content (AvgIpc) is 2.78. The number of fused-ring (bicyclic) bond motifs is 1. The fourth-order valence-electron chi connectivity index (χ4n) is 2.51. The summed E-state index contributed by atoms with van der Waals surface area (Å²) in [4.78, 5) is 19.9. The fourth-order valence-corrected chi connectivity index (χ4v) is 2.51. The van der Waals surface area contributed by atoms with E-state index in [-0.39, 0.29) is 5.91 Å². The summed E-state index contributed by atoms with van der Waals surface area (Å²) in [6, 6.07) is 2.04. The van der Waals surface area contributed by atoms with Crippen LogP contribution in [0.5, 0.6) is 0 Å². The summed E-state index contributed by atoms with van der Waals surface area (Å²) >= 11 is 0. The zero-order valence-electron chi connectivity index (χ0n) is 11.2. The number of aromatic nitrogens is 3. The van der Waals surface area contributed by atoms with Gasteiger partial charge in [0.05, 0.1) is 5.69 Å². The molecule has 1 saturated heterocycles. The van der Waals surface area contributed by atoms with Gasteiger partial charge in [0, 0.05) is 45.5 Å². The lowest BCUT2D eigenvalue weighted by atomic mass is 10.3. The zero-order chi connectivity index (χ0) is 13.4. The molecule has 2 aromatic heterocycles. The number of hydrogen-bond acceptors (Lipinski definition) is 4. The second-order valence-electron chi connectivity index (χ2n) is 4.86. The van der Waals surface area contributed by atoms with E-state index in [1.807, 2.05) is 28.6 Å². The summed E-state index contributed by atoms with van der Waals surface area (Å²) in [6.45, 7) is 6.74. The Morgan fingerprint density at radius 3 is 2.68 bits per heavy atom. The molecular formula is C13H17N5O. The van der Waals surface area contributed by atoms with Gasteiger partial charge < -0.3 is 9.80 Å². The Morgan fingerprint density at radius 1 is 1.26 bits per heavy atom. The Hall–Kier alpha value is -2.11. The van der Waals surface area contributed by atoms with Gasteiger partial charge in [-0.1, -0.05) is 0 Å². The van der Waals surface area contributed by atoms with Crippen molar-refractivity contribution in [2.24, 2.45) is 0 Å². The van der Waals surface area contributed by atoms with E-state index in [0.717, 1.165) is 43.2 Å². The molecule has 0 bridgehead atoms. The first-order valence-electron chi connectivity index (χ1n) is 6.46. The first-order valence-corrected chi connectivity index (χ1v) is 6.46. The lowest BCUT2D eigenvalue weighted by Crippen LogP contribution is -2.48. The van der Waals surface area contributed by atoms with Crippen molar-refractivity contribution in [2.45, 2.75) is 13.8 Å². The van der Waals surface area contributed by atoms with Crippen molar-refractivity contribution in [3.05, 3.63) is 24.2 Å². The number of hydrogen-bond donors (Lipinski definition) is 0. The molecule has 0 spiro atoms. The molecule has 0 radical (unpaired) electrons. The summed E-state index contributed by atoms with van der Waals surface area (Å²) < 4.78 is 1.86. The lowest BCUT2D eigenvalue weighted by molar-refractivity contribution is -0.129. The average molecular weight is 259 g/mol. The van der Waals surface area contributed by atoms with Crippen LogP contribution in [0.25, 0.3) is 5.52 Å². The summed E-state index contributed by atoms with van der Waals surface area (Å²) in [7, 11) is 0. The summed E-state index contributed by atoms with van der Waals surface area (Å²) in [5.74, 6) is 1.09. The normalized spacial score (nSPS) is 16.1. The van der Waals surface area contributed by atoms with Crippen molar-refractivity contribution < 1.29 is 4.79 Å². The maximum absolute atomic E-state index is 11.3. The number of anilines is 1. The topological polar surface area (TPSA) is 53.7 Å². The predicted molar refractivity (Wildman–Crippen MR) is 72.2 cm³/mol. The lowest BCUT2D eigenvalue weighted by Gasteiger charge is -2.35. The van der Waals surface area contributed by atoms with Crippen LogP contribution in [-0.4, -0.2) is 51.6 Å². The number of piperazine rings is 1. The predicted octanol–water partition coefficient (Wildman–Crippen LogP) is 0.706. The second-order valence-corrected chi connectivity index (χ2v) is 4.86. The number of carbonyl (C=O) groups is 1. The highest BCUT2D eigenvalue weighted by atomic mass is 16.2. The molecule has 3 heterocycles. The standard InChI is InChI=1S/C13H17N5O/c1-10-9-12-13(14-3-4-18(12)15-10)17-7-5-16(6-8-17)11(2)19/h3-4,9H,5-8H2,1-2H3. The third-order valence-electron chi connectivity index (χ3n) is 3.52.